The van der Waals surface area contributed by atoms with Crippen LogP contribution in [0.4, 0.5) is 0 Å². The van der Waals surface area contributed by atoms with Gasteiger partial charge < -0.3 is 5.11 Å². The highest BCUT2D eigenvalue weighted by atomic mass is 32.2. The second-order valence-corrected chi connectivity index (χ2v) is 5.01. The number of carboxylic acid groups (broad SMARTS) is 1. The third kappa shape index (κ3) is 3.24. The van der Waals surface area contributed by atoms with Crippen LogP contribution in [0.5, 0.6) is 0 Å². The Hall–Kier alpha value is -0.660. The summed E-state index contributed by atoms with van der Waals surface area (Å²) in [4.78, 5) is 15.0. The molecule has 0 aromatic carbocycles. The summed E-state index contributed by atoms with van der Waals surface area (Å²) in [6.07, 6.45) is 0.683. The number of hydroxylamine groups is 1. The zero-order valence-electron chi connectivity index (χ0n) is 7.68. The number of nitrogens with zero attached hydrogens (tertiary/aromatic N) is 1. The smallest absolute Gasteiger partial charge is 0.303 e. The average Bonchev–Trinajstić information content (AvgIpc) is 2.54. The van der Waals surface area contributed by atoms with Crippen LogP contribution in [0.1, 0.15) is 19.3 Å². The standard InChI is InChI=1S/C7H13NO5S/c9-7(10)3-1-6-14(11,12)8-4-2-5-13-8/h1-6H2,(H,9,10). The predicted molar refractivity (Wildman–Crippen MR) is 47.9 cm³/mol. The molecule has 0 amide bonds. The average molecular weight is 223 g/mol. The van der Waals surface area contributed by atoms with Gasteiger partial charge in [0.25, 0.3) is 0 Å². The fourth-order valence-corrected chi connectivity index (χ4v) is 2.51. The van der Waals surface area contributed by atoms with Gasteiger partial charge in [0.05, 0.1) is 12.4 Å². The fraction of sp³-hybridized carbons (Fsp3) is 0.857. The molecule has 6 nitrogen and oxygen atoms in total. The first-order valence-electron chi connectivity index (χ1n) is 4.37. The molecule has 82 valence electrons. The summed E-state index contributed by atoms with van der Waals surface area (Å²) < 4.78 is 23.8. The molecule has 0 bridgehead atoms. The van der Waals surface area contributed by atoms with E-state index in [1.54, 1.807) is 0 Å². The van der Waals surface area contributed by atoms with Gasteiger partial charge in [-0.05, 0) is 12.8 Å². The van der Waals surface area contributed by atoms with Gasteiger partial charge in [0.1, 0.15) is 0 Å². The molecule has 1 saturated heterocycles. The lowest BCUT2D eigenvalue weighted by Gasteiger charge is -2.13. The third-order valence-corrected chi connectivity index (χ3v) is 3.54. The van der Waals surface area contributed by atoms with E-state index in [0.717, 1.165) is 4.47 Å². The Morgan fingerprint density at radius 1 is 1.50 bits per heavy atom. The monoisotopic (exact) mass is 223 g/mol. The van der Waals surface area contributed by atoms with Crippen molar-refractivity contribution in [3.8, 4) is 0 Å². The van der Waals surface area contributed by atoms with Crippen LogP contribution in [0, 0.1) is 0 Å². The maximum absolute atomic E-state index is 11.4. The van der Waals surface area contributed by atoms with Crippen molar-refractivity contribution in [2.75, 3.05) is 18.9 Å². The molecule has 1 fully saturated rings. The highest BCUT2D eigenvalue weighted by molar-refractivity contribution is 7.88. The topological polar surface area (TPSA) is 83.9 Å². The van der Waals surface area contributed by atoms with E-state index < -0.39 is 16.0 Å². The van der Waals surface area contributed by atoms with Crippen molar-refractivity contribution in [3.05, 3.63) is 0 Å². The largest absolute Gasteiger partial charge is 0.481 e. The first kappa shape index (κ1) is 11.4. The molecule has 0 radical (unpaired) electrons. The molecule has 0 saturated carbocycles. The van der Waals surface area contributed by atoms with Crippen LogP contribution in [0.2, 0.25) is 0 Å². The summed E-state index contributed by atoms with van der Waals surface area (Å²) in [5.41, 5.74) is 0. The maximum atomic E-state index is 11.4. The summed E-state index contributed by atoms with van der Waals surface area (Å²) in [5, 5.41) is 8.34. The van der Waals surface area contributed by atoms with Gasteiger partial charge in [-0.1, -0.05) is 4.47 Å². The number of aliphatic carboxylic acids is 1. The Labute approximate surface area is 82.5 Å². The quantitative estimate of drug-likeness (QED) is 0.698. The molecule has 0 spiro atoms. The van der Waals surface area contributed by atoms with Crippen LogP contribution in [0.15, 0.2) is 0 Å². The van der Waals surface area contributed by atoms with Crippen molar-refractivity contribution >= 4 is 16.0 Å². The molecule has 7 heteroatoms. The van der Waals surface area contributed by atoms with E-state index in [1.165, 1.54) is 0 Å². The lowest BCUT2D eigenvalue weighted by Crippen LogP contribution is -2.29. The van der Waals surface area contributed by atoms with Gasteiger partial charge in [0.2, 0.25) is 10.0 Å². The Balaban J connectivity index is 2.37. The molecule has 1 rings (SSSR count). The van der Waals surface area contributed by atoms with Gasteiger partial charge in [0.15, 0.2) is 0 Å². The highest BCUT2D eigenvalue weighted by Crippen LogP contribution is 2.12. The molecule has 1 aliphatic rings. The van der Waals surface area contributed by atoms with Crippen molar-refractivity contribution in [2.24, 2.45) is 0 Å². The molecule has 0 aromatic rings. The second-order valence-electron chi connectivity index (χ2n) is 3.03. The van der Waals surface area contributed by atoms with E-state index in [2.05, 4.69) is 0 Å². The van der Waals surface area contributed by atoms with E-state index in [-0.39, 0.29) is 18.6 Å². The number of sulfonamides is 1. The Morgan fingerprint density at radius 3 is 2.71 bits per heavy atom. The van der Waals surface area contributed by atoms with Crippen LogP contribution < -0.4 is 0 Å². The van der Waals surface area contributed by atoms with Gasteiger partial charge in [0, 0.05) is 13.0 Å². The molecular weight excluding hydrogens is 210 g/mol. The van der Waals surface area contributed by atoms with Gasteiger partial charge in [-0.25, -0.2) is 8.42 Å². The van der Waals surface area contributed by atoms with Crippen molar-refractivity contribution in [3.63, 3.8) is 0 Å². The van der Waals surface area contributed by atoms with Crippen LogP contribution in [-0.4, -0.2) is 42.9 Å². The summed E-state index contributed by atoms with van der Waals surface area (Å²) in [6, 6.07) is 0. The Morgan fingerprint density at radius 2 is 2.21 bits per heavy atom. The van der Waals surface area contributed by atoms with Gasteiger partial charge in [-0.3, -0.25) is 9.63 Å². The number of carbonyl (C=O) groups is 1. The molecule has 0 unspecified atom stereocenters. The van der Waals surface area contributed by atoms with Crippen LogP contribution in [-0.2, 0) is 19.7 Å². The lowest BCUT2D eigenvalue weighted by atomic mass is 10.3. The normalized spacial score (nSPS) is 18.6. The van der Waals surface area contributed by atoms with Crippen molar-refractivity contribution in [2.45, 2.75) is 19.3 Å². The first-order valence-corrected chi connectivity index (χ1v) is 5.98. The minimum Gasteiger partial charge on any atom is -0.481 e. The van der Waals surface area contributed by atoms with E-state index in [0.29, 0.717) is 19.6 Å². The lowest BCUT2D eigenvalue weighted by molar-refractivity contribution is -0.137. The maximum Gasteiger partial charge on any atom is 0.303 e. The summed E-state index contributed by atoms with van der Waals surface area (Å²) >= 11 is 0. The zero-order valence-corrected chi connectivity index (χ0v) is 8.49. The Kier molecular flexibility index (Phi) is 3.85. The molecule has 1 aliphatic heterocycles. The second kappa shape index (κ2) is 4.72. The third-order valence-electron chi connectivity index (χ3n) is 1.82. The predicted octanol–water partition coefficient (Wildman–Crippen LogP) is -0.182. The van der Waals surface area contributed by atoms with Crippen LogP contribution in [0.25, 0.3) is 0 Å². The van der Waals surface area contributed by atoms with E-state index in [1.807, 2.05) is 0 Å². The number of hydrogen-bond acceptors (Lipinski definition) is 4. The summed E-state index contributed by atoms with van der Waals surface area (Å²) in [5.74, 6) is -1.15. The number of rotatable bonds is 5. The van der Waals surface area contributed by atoms with E-state index in [4.69, 9.17) is 9.94 Å². The van der Waals surface area contributed by atoms with Crippen molar-refractivity contribution in [1.82, 2.24) is 4.47 Å². The van der Waals surface area contributed by atoms with Gasteiger partial charge >= 0.3 is 5.97 Å². The SMILES string of the molecule is O=C(O)CCCS(=O)(=O)N1CCCO1. The van der Waals surface area contributed by atoms with Crippen LogP contribution in [0.3, 0.4) is 0 Å². The minimum absolute atomic E-state index is 0.123. The Bertz CT molecular complexity index is 293. The van der Waals surface area contributed by atoms with Crippen molar-refractivity contribution < 1.29 is 23.2 Å². The van der Waals surface area contributed by atoms with Gasteiger partial charge in [-0.15, -0.1) is 0 Å². The highest BCUT2D eigenvalue weighted by Gasteiger charge is 2.26. The molecule has 0 atom stereocenters. The van der Waals surface area contributed by atoms with E-state index >= 15 is 0 Å². The zero-order chi connectivity index (χ0) is 10.6. The molecule has 0 aliphatic carbocycles. The molecule has 1 N–H and O–H groups in total. The summed E-state index contributed by atoms with van der Waals surface area (Å²) in [6.45, 7) is 0.785. The molecular formula is C7H13NO5S. The molecule has 14 heavy (non-hydrogen) atoms. The number of hydrogen-bond donors (Lipinski definition) is 1. The number of carboxylic acids is 1. The van der Waals surface area contributed by atoms with E-state index in [9.17, 15) is 13.2 Å². The minimum atomic E-state index is -3.41. The summed E-state index contributed by atoms with van der Waals surface area (Å²) in [7, 11) is -3.41. The first-order chi connectivity index (χ1) is 6.52. The molecule has 1 heterocycles. The fourth-order valence-electron chi connectivity index (χ4n) is 1.15. The van der Waals surface area contributed by atoms with Gasteiger partial charge in [-0.2, -0.15) is 0 Å². The molecule has 0 aromatic heterocycles. The van der Waals surface area contributed by atoms with Crippen molar-refractivity contribution in [1.29, 1.82) is 0 Å². The van der Waals surface area contributed by atoms with Crippen LogP contribution >= 0.6 is 0 Å².